The maximum absolute atomic E-state index is 6.29. The maximum Gasteiger partial charge on any atom is 0.134 e. The van der Waals surface area contributed by atoms with Gasteiger partial charge in [0.05, 0.1) is 16.5 Å². The molecule has 2 aromatic heterocycles. The second-order valence-electron chi connectivity index (χ2n) is 6.19. The summed E-state index contributed by atoms with van der Waals surface area (Å²) in [5.41, 5.74) is 2.19. The molecule has 1 atom stereocenters. The zero-order valence-electron chi connectivity index (χ0n) is 14.5. The van der Waals surface area contributed by atoms with Crippen LogP contribution in [0.2, 0.25) is 0 Å². The van der Waals surface area contributed by atoms with Crippen molar-refractivity contribution >= 4 is 21.6 Å². The fourth-order valence-electron chi connectivity index (χ4n) is 2.96. The number of ether oxygens (including phenoxy) is 1. The Morgan fingerprint density at radius 2 is 1.85 bits per heavy atom. The van der Waals surface area contributed by atoms with Crippen molar-refractivity contribution in [2.75, 3.05) is 6.61 Å². The third-order valence-electron chi connectivity index (χ3n) is 4.29. The highest BCUT2D eigenvalue weighted by atomic mass is 32.1. The summed E-state index contributed by atoms with van der Waals surface area (Å²) in [6, 6.07) is 18.6. The Hall–Kier alpha value is -2.50. The second kappa shape index (κ2) is 8.25. The fraction of sp³-hybridized carbons (Fsp3) is 0.238. The van der Waals surface area contributed by atoms with Crippen molar-refractivity contribution in [3.63, 3.8) is 0 Å². The first-order chi connectivity index (χ1) is 12.9. The Bertz CT molecular complexity index is 901. The van der Waals surface area contributed by atoms with Crippen molar-refractivity contribution in [3.8, 4) is 0 Å². The van der Waals surface area contributed by atoms with Crippen molar-refractivity contribution < 1.29 is 4.74 Å². The molecule has 0 radical (unpaired) electrons. The van der Waals surface area contributed by atoms with Crippen LogP contribution in [0.3, 0.4) is 0 Å². The van der Waals surface area contributed by atoms with E-state index in [1.54, 1.807) is 11.3 Å². The summed E-state index contributed by atoms with van der Waals surface area (Å²) in [5, 5.41) is 1.02. The first kappa shape index (κ1) is 16.9. The predicted molar refractivity (Wildman–Crippen MR) is 105 cm³/mol. The van der Waals surface area contributed by atoms with Gasteiger partial charge in [-0.2, -0.15) is 0 Å². The highest BCUT2D eigenvalue weighted by Gasteiger charge is 2.19. The lowest BCUT2D eigenvalue weighted by Gasteiger charge is -2.16. The first-order valence-electron chi connectivity index (χ1n) is 8.88. The summed E-state index contributed by atoms with van der Waals surface area (Å²) < 4.78 is 9.59. The van der Waals surface area contributed by atoms with E-state index in [9.17, 15) is 0 Å². The highest BCUT2D eigenvalue weighted by molar-refractivity contribution is 7.18. The molecule has 132 valence electrons. The molecule has 2 heterocycles. The SMILES string of the molecule is c1ccc(C(OCCCCn2ccnc2)c2nc3ccccc3s2)cc1. The number of fused-ring (bicyclic) bond motifs is 1. The van der Waals surface area contributed by atoms with Gasteiger partial charge in [0.25, 0.3) is 0 Å². The van der Waals surface area contributed by atoms with Crippen LogP contribution in [0, 0.1) is 0 Å². The molecule has 4 rings (SSSR count). The Morgan fingerprint density at radius 1 is 1.00 bits per heavy atom. The molecule has 0 fully saturated rings. The monoisotopic (exact) mass is 363 g/mol. The van der Waals surface area contributed by atoms with Crippen LogP contribution in [-0.4, -0.2) is 21.1 Å². The minimum atomic E-state index is -0.109. The molecule has 26 heavy (non-hydrogen) atoms. The minimum absolute atomic E-state index is 0.109. The van der Waals surface area contributed by atoms with Crippen LogP contribution < -0.4 is 0 Å². The molecule has 0 aliphatic rings. The van der Waals surface area contributed by atoms with Crippen molar-refractivity contribution in [2.24, 2.45) is 0 Å². The topological polar surface area (TPSA) is 39.9 Å². The van der Waals surface area contributed by atoms with Gasteiger partial charge < -0.3 is 9.30 Å². The Labute approximate surface area is 157 Å². The number of aromatic nitrogens is 3. The molecule has 0 bridgehead atoms. The number of hydrogen-bond donors (Lipinski definition) is 0. The van der Waals surface area contributed by atoms with Crippen LogP contribution in [-0.2, 0) is 11.3 Å². The number of imidazole rings is 1. The molecule has 0 N–H and O–H groups in total. The summed E-state index contributed by atoms with van der Waals surface area (Å²) in [6.45, 7) is 1.69. The first-order valence-corrected chi connectivity index (χ1v) is 9.69. The number of aryl methyl sites for hydroxylation is 1. The molecule has 1 unspecified atom stereocenters. The number of unbranched alkanes of at least 4 members (excludes halogenated alkanes) is 1. The van der Waals surface area contributed by atoms with E-state index < -0.39 is 0 Å². The average Bonchev–Trinajstić information content (AvgIpc) is 3.34. The molecule has 5 heteroatoms. The normalized spacial score (nSPS) is 12.5. The van der Waals surface area contributed by atoms with E-state index in [1.165, 1.54) is 4.70 Å². The maximum atomic E-state index is 6.29. The zero-order chi connectivity index (χ0) is 17.6. The van der Waals surface area contributed by atoms with Gasteiger partial charge in [0.15, 0.2) is 0 Å². The molecule has 0 aliphatic heterocycles. The number of rotatable bonds is 8. The van der Waals surface area contributed by atoms with Gasteiger partial charge in [-0.15, -0.1) is 11.3 Å². The van der Waals surface area contributed by atoms with Gasteiger partial charge in [0, 0.05) is 25.5 Å². The van der Waals surface area contributed by atoms with E-state index in [4.69, 9.17) is 9.72 Å². The molecule has 0 amide bonds. The van der Waals surface area contributed by atoms with E-state index in [0.717, 1.165) is 35.5 Å². The van der Waals surface area contributed by atoms with Crippen LogP contribution in [0.15, 0.2) is 73.3 Å². The van der Waals surface area contributed by atoms with Gasteiger partial charge in [-0.1, -0.05) is 42.5 Å². The third-order valence-corrected chi connectivity index (χ3v) is 5.37. The lowest BCUT2D eigenvalue weighted by molar-refractivity contribution is 0.0765. The molecule has 0 saturated carbocycles. The number of thiazole rings is 1. The molecular weight excluding hydrogens is 342 g/mol. The van der Waals surface area contributed by atoms with Crippen LogP contribution >= 0.6 is 11.3 Å². The third kappa shape index (κ3) is 4.00. The largest absolute Gasteiger partial charge is 0.366 e. The smallest absolute Gasteiger partial charge is 0.134 e. The number of benzene rings is 2. The predicted octanol–water partition coefficient (Wildman–Crippen LogP) is 5.08. The Balaban J connectivity index is 1.44. The van der Waals surface area contributed by atoms with Crippen molar-refractivity contribution in [1.82, 2.24) is 14.5 Å². The fourth-order valence-corrected chi connectivity index (χ4v) is 4.00. The van der Waals surface area contributed by atoms with E-state index in [1.807, 2.05) is 30.9 Å². The van der Waals surface area contributed by atoms with E-state index in [2.05, 4.69) is 52.0 Å². The second-order valence-corrected chi connectivity index (χ2v) is 7.25. The molecular formula is C21H21N3OS. The molecule has 0 aliphatic carbocycles. The van der Waals surface area contributed by atoms with Crippen LogP contribution in [0.25, 0.3) is 10.2 Å². The lowest BCUT2D eigenvalue weighted by Crippen LogP contribution is -2.08. The summed E-state index contributed by atoms with van der Waals surface area (Å²) >= 11 is 1.71. The van der Waals surface area contributed by atoms with Gasteiger partial charge in [0.1, 0.15) is 11.1 Å². The lowest BCUT2D eigenvalue weighted by atomic mass is 10.1. The summed E-state index contributed by atoms with van der Waals surface area (Å²) in [7, 11) is 0. The summed E-state index contributed by atoms with van der Waals surface area (Å²) in [4.78, 5) is 8.88. The van der Waals surface area contributed by atoms with Crippen molar-refractivity contribution in [2.45, 2.75) is 25.5 Å². The van der Waals surface area contributed by atoms with E-state index in [0.29, 0.717) is 6.61 Å². The van der Waals surface area contributed by atoms with Crippen molar-refractivity contribution in [3.05, 3.63) is 83.9 Å². The Morgan fingerprint density at radius 3 is 2.65 bits per heavy atom. The average molecular weight is 363 g/mol. The van der Waals surface area contributed by atoms with Gasteiger partial charge in [-0.05, 0) is 30.5 Å². The van der Waals surface area contributed by atoms with Gasteiger partial charge in [-0.3, -0.25) is 0 Å². The Kier molecular flexibility index (Phi) is 5.38. The van der Waals surface area contributed by atoms with E-state index >= 15 is 0 Å². The van der Waals surface area contributed by atoms with Crippen LogP contribution in [0.4, 0.5) is 0 Å². The van der Waals surface area contributed by atoms with Gasteiger partial charge in [-0.25, -0.2) is 9.97 Å². The van der Waals surface area contributed by atoms with E-state index in [-0.39, 0.29) is 6.10 Å². The highest BCUT2D eigenvalue weighted by Crippen LogP contribution is 2.32. The number of hydrogen-bond acceptors (Lipinski definition) is 4. The van der Waals surface area contributed by atoms with Gasteiger partial charge >= 0.3 is 0 Å². The van der Waals surface area contributed by atoms with Crippen LogP contribution in [0.1, 0.15) is 29.5 Å². The minimum Gasteiger partial charge on any atom is -0.366 e. The number of nitrogens with zero attached hydrogens (tertiary/aromatic N) is 3. The summed E-state index contributed by atoms with van der Waals surface area (Å²) in [5.74, 6) is 0. The van der Waals surface area contributed by atoms with Gasteiger partial charge in [0.2, 0.25) is 0 Å². The zero-order valence-corrected chi connectivity index (χ0v) is 15.3. The summed E-state index contributed by atoms with van der Waals surface area (Å²) in [6.07, 6.45) is 7.63. The molecule has 4 aromatic rings. The molecule has 0 saturated heterocycles. The number of para-hydroxylation sites is 1. The van der Waals surface area contributed by atoms with Crippen molar-refractivity contribution in [1.29, 1.82) is 0 Å². The van der Waals surface area contributed by atoms with Crippen LogP contribution in [0.5, 0.6) is 0 Å². The molecule has 2 aromatic carbocycles. The standard InChI is InChI=1S/C21H21N3OS/c1-2-8-17(9-3-1)20(21-23-18-10-4-5-11-19(18)26-21)25-15-7-6-13-24-14-12-22-16-24/h1-5,8-12,14,16,20H,6-7,13,15H2. The molecule has 4 nitrogen and oxygen atoms in total. The molecule has 0 spiro atoms. The quantitative estimate of drug-likeness (QED) is 0.410.